The number of nitrogen functional groups attached to an aromatic ring is 1. The number of furan rings is 1. The van der Waals surface area contributed by atoms with Gasteiger partial charge in [0.05, 0.1) is 17.6 Å². The molecular weight excluding hydrogens is 240 g/mol. The van der Waals surface area contributed by atoms with Gasteiger partial charge in [-0.3, -0.25) is 0 Å². The molecule has 2 heterocycles. The van der Waals surface area contributed by atoms with Crippen LogP contribution in [0.4, 0.5) is 11.6 Å². The molecule has 3 N–H and O–H groups in total. The number of aryl methyl sites for hydroxylation is 1. The van der Waals surface area contributed by atoms with Gasteiger partial charge in [-0.15, -0.1) is 0 Å². The summed E-state index contributed by atoms with van der Waals surface area (Å²) in [5.41, 5.74) is 8.34. The summed E-state index contributed by atoms with van der Waals surface area (Å²) in [5, 5.41) is 0. The van der Waals surface area contributed by atoms with Crippen LogP contribution >= 0.6 is 0 Å². The van der Waals surface area contributed by atoms with Gasteiger partial charge in [0, 0.05) is 12.7 Å². The number of aromatic amines is 1. The van der Waals surface area contributed by atoms with Crippen molar-refractivity contribution in [2.45, 2.75) is 13.5 Å². The fraction of sp³-hybridized carbons (Fsp3) is 0.214. The highest BCUT2D eigenvalue weighted by Gasteiger charge is 2.10. The third kappa shape index (κ3) is 2.27. The van der Waals surface area contributed by atoms with E-state index in [1.807, 2.05) is 49.2 Å². The number of fused-ring (bicyclic) bond motifs is 1. The molecule has 0 radical (unpaired) electrons. The van der Waals surface area contributed by atoms with E-state index in [0.29, 0.717) is 6.54 Å². The molecule has 0 spiro atoms. The molecule has 0 saturated heterocycles. The quantitative estimate of drug-likeness (QED) is 0.707. The van der Waals surface area contributed by atoms with Crippen LogP contribution in [0.2, 0.25) is 0 Å². The summed E-state index contributed by atoms with van der Waals surface area (Å²) < 4.78 is 5.57. The Morgan fingerprint density at radius 1 is 1.32 bits per heavy atom. The lowest BCUT2D eigenvalue weighted by Crippen LogP contribution is -2.17. The molecule has 0 amide bonds. The summed E-state index contributed by atoms with van der Waals surface area (Å²) in [6.45, 7) is 2.61. The summed E-state index contributed by atoms with van der Waals surface area (Å²) in [6, 6.07) is 9.59. The number of imidazole rings is 1. The first-order chi connectivity index (χ1) is 9.11. The van der Waals surface area contributed by atoms with Crippen molar-refractivity contribution in [3.8, 4) is 0 Å². The Balaban J connectivity index is 1.86. The number of rotatable bonds is 3. The highest BCUT2D eigenvalue weighted by molar-refractivity contribution is 5.80. The lowest BCUT2D eigenvalue weighted by Gasteiger charge is -2.13. The lowest BCUT2D eigenvalue weighted by molar-refractivity contribution is 0.481. The molecule has 3 rings (SSSR count). The first kappa shape index (κ1) is 11.6. The minimum absolute atomic E-state index is 0.670. The Bertz CT molecular complexity index is 713. The molecule has 5 heteroatoms. The smallest absolute Gasteiger partial charge is 0.203 e. The normalized spacial score (nSPS) is 11.1. The Kier molecular flexibility index (Phi) is 2.67. The number of aromatic nitrogens is 2. The van der Waals surface area contributed by atoms with Crippen LogP contribution in [0.25, 0.3) is 11.0 Å². The van der Waals surface area contributed by atoms with E-state index in [0.717, 1.165) is 34.2 Å². The standard InChI is InChI=1S/C14H16N4O/c1-9-3-5-11(19-9)8-18(2)14-16-12-6-4-10(15)7-13(12)17-14/h3-7H,8,15H2,1-2H3,(H,16,17). The lowest BCUT2D eigenvalue weighted by atomic mass is 10.3. The molecular formula is C14H16N4O. The molecule has 0 fully saturated rings. The molecule has 3 aromatic rings. The maximum absolute atomic E-state index is 5.76. The predicted molar refractivity (Wildman–Crippen MR) is 76.1 cm³/mol. The maximum Gasteiger partial charge on any atom is 0.203 e. The molecule has 5 nitrogen and oxygen atoms in total. The third-order valence-corrected chi connectivity index (χ3v) is 3.04. The van der Waals surface area contributed by atoms with Crippen molar-refractivity contribution in [1.82, 2.24) is 9.97 Å². The zero-order valence-corrected chi connectivity index (χ0v) is 11.0. The number of hydrogen-bond donors (Lipinski definition) is 2. The molecule has 0 saturated carbocycles. The van der Waals surface area contributed by atoms with Crippen LogP contribution < -0.4 is 10.6 Å². The summed E-state index contributed by atoms with van der Waals surface area (Å²) in [5.74, 6) is 2.63. The number of nitrogens with one attached hydrogen (secondary N) is 1. The van der Waals surface area contributed by atoms with Gasteiger partial charge < -0.3 is 20.0 Å². The Labute approximate surface area is 111 Å². The summed E-state index contributed by atoms with van der Waals surface area (Å²) in [4.78, 5) is 9.79. The molecule has 0 aliphatic rings. The predicted octanol–water partition coefficient (Wildman–Crippen LogP) is 2.68. The minimum atomic E-state index is 0.670. The second-order valence-electron chi connectivity index (χ2n) is 4.71. The Morgan fingerprint density at radius 3 is 2.89 bits per heavy atom. The fourth-order valence-electron chi connectivity index (χ4n) is 2.07. The van der Waals surface area contributed by atoms with Gasteiger partial charge in [-0.05, 0) is 37.3 Å². The van der Waals surface area contributed by atoms with Crippen LogP contribution in [-0.4, -0.2) is 17.0 Å². The first-order valence-electron chi connectivity index (χ1n) is 6.13. The van der Waals surface area contributed by atoms with Crippen LogP contribution in [0.3, 0.4) is 0 Å². The van der Waals surface area contributed by atoms with E-state index < -0.39 is 0 Å². The molecule has 98 valence electrons. The summed E-state index contributed by atoms with van der Waals surface area (Å²) in [7, 11) is 1.97. The molecule has 0 aliphatic heterocycles. The van der Waals surface area contributed by atoms with E-state index in [4.69, 9.17) is 10.2 Å². The molecule has 1 aromatic carbocycles. The maximum atomic E-state index is 5.76. The van der Waals surface area contributed by atoms with Crippen molar-refractivity contribution in [2.24, 2.45) is 0 Å². The van der Waals surface area contributed by atoms with Crippen molar-refractivity contribution in [1.29, 1.82) is 0 Å². The van der Waals surface area contributed by atoms with Gasteiger partial charge in [0.2, 0.25) is 5.95 Å². The van der Waals surface area contributed by atoms with E-state index >= 15 is 0 Å². The van der Waals surface area contributed by atoms with Gasteiger partial charge in [0.25, 0.3) is 0 Å². The van der Waals surface area contributed by atoms with Gasteiger partial charge in [0.1, 0.15) is 11.5 Å². The van der Waals surface area contributed by atoms with Crippen LogP contribution in [0.1, 0.15) is 11.5 Å². The average Bonchev–Trinajstić information content (AvgIpc) is 2.95. The van der Waals surface area contributed by atoms with Crippen molar-refractivity contribution < 1.29 is 4.42 Å². The number of anilines is 2. The minimum Gasteiger partial charge on any atom is -0.464 e. The van der Waals surface area contributed by atoms with Crippen LogP contribution in [0.15, 0.2) is 34.7 Å². The first-order valence-corrected chi connectivity index (χ1v) is 6.13. The Hall–Kier alpha value is -2.43. The zero-order chi connectivity index (χ0) is 13.4. The monoisotopic (exact) mass is 256 g/mol. The van der Waals surface area contributed by atoms with E-state index in [1.165, 1.54) is 0 Å². The van der Waals surface area contributed by atoms with Gasteiger partial charge in [-0.2, -0.15) is 0 Å². The van der Waals surface area contributed by atoms with Gasteiger partial charge in [-0.25, -0.2) is 4.98 Å². The molecule has 0 unspecified atom stereocenters. The molecule has 0 aliphatic carbocycles. The fourth-order valence-corrected chi connectivity index (χ4v) is 2.07. The SMILES string of the molecule is Cc1ccc(CN(C)c2nc3ccc(N)cc3[nH]2)o1. The van der Waals surface area contributed by atoms with Gasteiger partial charge >= 0.3 is 0 Å². The largest absolute Gasteiger partial charge is 0.464 e. The van der Waals surface area contributed by atoms with Gasteiger partial charge in [0.15, 0.2) is 0 Å². The Morgan fingerprint density at radius 2 is 2.16 bits per heavy atom. The van der Waals surface area contributed by atoms with Crippen molar-refractivity contribution in [3.63, 3.8) is 0 Å². The van der Waals surface area contributed by atoms with E-state index in [-0.39, 0.29) is 0 Å². The number of nitrogens with two attached hydrogens (primary N) is 1. The number of nitrogens with zero attached hydrogens (tertiary/aromatic N) is 2. The van der Waals surface area contributed by atoms with Crippen molar-refractivity contribution in [2.75, 3.05) is 17.7 Å². The summed E-state index contributed by atoms with van der Waals surface area (Å²) >= 11 is 0. The highest BCUT2D eigenvalue weighted by Crippen LogP contribution is 2.20. The number of benzene rings is 1. The van der Waals surface area contributed by atoms with Crippen LogP contribution in [-0.2, 0) is 6.54 Å². The van der Waals surface area contributed by atoms with Crippen molar-refractivity contribution >= 4 is 22.7 Å². The number of hydrogen-bond acceptors (Lipinski definition) is 4. The van der Waals surface area contributed by atoms with Gasteiger partial charge in [-0.1, -0.05) is 0 Å². The van der Waals surface area contributed by atoms with E-state index in [1.54, 1.807) is 0 Å². The van der Waals surface area contributed by atoms with Crippen LogP contribution in [0.5, 0.6) is 0 Å². The van der Waals surface area contributed by atoms with Crippen LogP contribution in [0, 0.1) is 6.92 Å². The average molecular weight is 256 g/mol. The second-order valence-corrected chi connectivity index (χ2v) is 4.71. The second kappa shape index (κ2) is 4.35. The highest BCUT2D eigenvalue weighted by atomic mass is 16.3. The zero-order valence-electron chi connectivity index (χ0n) is 11.0. The molecule has 0 bridgehead atoms. The van der Waals surface area contributed by atoms with Crippen molar-refractivity contribution in [3.05, 3.63) is 41.9 Å². The molecule has 2 aromatic heterocycles. The van der Waals surface area contributed by atoms with E-state index in [9.17, 15) is 0 Å². The molecule has 19 heavy (non-hydrogen) atoms. The van der Waals surface area contributed by atoms with E-state index in [2.05, 4.69) is 9.97 Å². The number of H-pyrrole nitrogens is 1. The summed E-state index contributed by atoms with van der Waals surface area (Å²) in [6.07, 6.45) is 0. The topological polar surface area (TPSA) is 71.1 Å². The third-order valence-electron chi connectivity index (χ3n) is 3.04. The molecule has 0 atom stereocenters.